The molecule has 0 amide bonds. The molecule has 0 saturated heterocycles. The Morgan fingerprint density at radius 2 is 2.06 bits per heavy atom. The molecule has 0 unspecified atom stereocenters. The number of hydrogen-bond acceptors (Lipinski definition) is 4. The average molecular weight is 229 g/mol. The number of hydrogen-bond donors (Lipinski definition) is 1. The maximum atomic E-state index is 12.6. The van der Waals surface area contributed by atoms with Crippen LogP contribution in [0.2, 0.25) is 0 Å². The monoisotopic (exact) mass is 229 g/mol. The first kappa shape index (κ1) is 10.5. The number of nitrogen functional groups attached to an aromatic ring is 1. The van der Waals surface area contributed by atoms with E-state index in [2.05, 4.69) is 14.7 Å². The zero-order chi connectivity index (χ0) is 11.8. The predicted molar refractivity (Wildman–Crippen MR) is 49.1 cm³/mol. The van der Waals surface area contributed by atoms with E-state index in [0.29, 0.717) is 0 Å². The third-order valence-corrected chi connectivity index (χ3v) is 1.93. The van der Waals surface area contributed by atoms with Gasteiger partial charge in [-0.15, -0.1) is 0 Å². The predicted octanol–water partition coefficient (Wildman–Crippen LogP) is 2.34. The Hall–Kier alpha value is -2.05. The number of anilines is 1. The first-order valence-electron chi connectivity index (χ1n) is 4.22. The summed E-state index contributed by atoms with van der Waals surface area (Å²) in [7, 11) is 0. The van der Waals surface area contributed by atoms with Gasteiger partial charge in [-0.2, -0.15) is 13.2 Å². The Morgan fingerprint density at radius 1 is 1.31 bits per heavy atom. The van der Waals surface area contributed by atoms with Crippen molar-refractivity contribution in [2.75, 3.05) is 5.73 Å². The lowest BCUT2D eigenvalue weighted by molar-refractivity contribution is -0.137. The van der Waals surface area contributed by atoms with Crippen LogP contribution in [0.1, 0.15) is 5.56 Å². The fourth-order valence-corrected chi connectivity index (χ4v) is 1.26. The van der Waals surface area contributed by atoms with E-state index in [1.807, 2.05) is 0 Å². The summed E-state index contributed by atoms with van der Waals surface area (Å²) in [6.07, 6.45) is -2.51. The van der Waals surface area contributed by atoms with Gasteiger partial charge in [0.05, 0.1) is 5.56 Å². The van der Waals surface area contributed by atoms with E-state index in [0.717, 1.165) is 6.20 Å². The lowest BCUT2D eigenvalue weighted by Crippen LogP contribution is -2.07. The number of rotatable bonds is 1. The molecule has 0 aromatic carbocycles. The molecule has 16 heavy (non-hydrogen) atoms. The Bertz CT molecular complexity index is 507. The highest BCUT2D eigenvalue weighted by Crippen LogP contribution is 2.36. The van der Waals surface area contributed by atoms with Crippen molar-refractivity contribution in [3.8, 4) is 11.3 Å². The molecule has 0 saturated carbocycles. The average Bonchev–Trinajstić information content (AvgIpc) is 2.64. The highest BCUT2D eigenvalue weighted by molar-refractivity contribution is 5.65. The van der Waals surface area contributed by atoms with Gasteiger partial charge in [-0.3, -0.25) is 4.98 Å². The zero-order valence-electron chi connectivity index (χ0n) is 7.82. The standard InChI is InChI=1S/C9H6F3N3O/c10-9(11,12)6-4-14-2-1-5(6)7-3-8(13)16-15-7/h1-4H,13H2. The fourth-order valence-electron chi connectivity index (χ4n) is 1.26. The van der Waals surface area contributed by atoms with Gasteiger partial charge in [0.1, 0.15) is 5.69 Å². The van der Waals surface area contributed by atoms with Crippen molar-refractivity contribution in [2.45, 2.75) is 6.18 Å². The van der Waals surface area contributed by atoms with Crippen LogP contribution in [-0.4, -0.2) is 10.1 Å². The van der Waals surface area contributed by atoms with Crippen molar-refractivity contribution in [1.82, 2.24) is 10.1 Å². The summed E-state index contributed by atoms with van der Waals surface area (Å²) in [5.74, 6) is -0.0417. The van der Waals surface area contributed by atoms with Gasteiger partial charge in [0.25, 0.3) is 0 Å². The van der Waals surface area contributed by atoms with Crippen LogP contribution in [-0.2, 0) is 6.18 Å². The Balaban J connectivity index is 2.57. The van der Waals surface area contributed by atoms with Gasteiger partial charge in [0, 0.05) is 24.0 Å². The van der Waals surface area contributed by atoms with Crippen LogP contribution in [0.15, 0.2) is 29.0 Å². The van der Waals surface area contributed by atoms with Crippen LogP contribution in [0.5, 0.6) is 0 Å². The van der Waals surface area contributed by atoms with Crippen molar-refractivity contribution in [3.63, 3.8) is 0 Å². The molecule has 0 atom stereocenters. The molecule has 2 heterocycles. The molecule has 0 bridgehead atoms. The lowest BCUT2D eigenvalue weighted by atomic mass is 10.1. The number of alkyl halides is 3. The van der Waals surface area contributed by atoms with Crippen LogP contribution < -0.4 is 5.73 Å². The minimum Gasteiger partial charge on any atom is -0.368 e. The summed E-state index contributed by atoms with van der Waals surface area (Å²) in [6.45, 7) is 0. The summed E-state index contributed by atoms with van der Waals surface area (Å²) in [5, 5.41) is 3.43. The van der Waals surface area contributed by atoms with Gasteiger partial charge in [0.2, 0.25) is 5.88 Å². The van der Waals surface area contributed by atoms with Crippen molar-refractivity contribution in [1.29, 1.82) is 0 Å². The highest BCUT2D eigenvalue weighted by Gasteiger charge is 2.34. The summed E-state index contributed by atoms with van der Waals surface area (Å²) in [6, 6.07) is 2.44. The van der Waals surface area contributed by atoms with Crippen LogP contribution in [0.3, 0.4) is 0 Å². The Morgan fingerprint density at radius 3 is 2.62 bits per heavy atom. The second-order valence-corrected chi connectivity index (χ2v) is 3.03. The molecular formula is C9H6F3N3O. The molecule has 7 heteroatoms. The number of nitrogens with zero attached hydrogens (tertiary/aromatic N) is 2. The van der Waals surface area contributed by atoms with Gasteiger partial charge < -0.3 is 10.3 Å². The van der Waals surface area contributed by atoms with Crippen molar-refractivity contribution in [3.05, 3.63) is 30.1 Å². The molecule has 2 N–H and O–H groups in total. The van der Waals surface area contributed by atoms with E-state index in [1.165, 1.54) is 18.3 Å². The topological polar surface area (TPSA) is 64.9 Å². The molecule has 2 rings (SSSR count). The molecule has 0 spiro atoms. The number of nitrogens with two attached hydrogens (primary N) is 1. The second kappa shape index (κ2) is 3.51. The second-order valence-electron chi connectivity index (χ2n) is 3.03. The van der Waals surface area contributed by atoms with Crippen LogP contribution in [0.4, 0.5) is 19.1 Å². The van der Waals surface area contributed by atoms with Crippen molar-refractivity contribution < 1.29 is 17.7 Å². The maximum Gasteiger partial charge on any atom is 0.418 e. The van der Waals surface area contributed by atoms with Gasteiger partial charge >= 0.3 is 6.18 Å². The van der Waals surface area contributed by atoms with Gasteiger partial charge in [-0.1, -0.05) is 5.16 Å². The van der Waals surface area contributed by atoms with Crippen molar-refractivity contribution >= 4 is 5.88 Å². The molecule has 4 nitrogen and oxygen atoms in total. The lowest BCUT2D eigenvalue weighted by Gasteiger charge is -2.09. The number of aromatic nitrogens is 2. The highest BCUT2D eigenvalue weighted by atomic mass is 19.4. The van der Waals surface area contributed by atoms with E-state index < -0.39 is 11.7 Å². The molecule has 84 valence electrons. The smallest absolute Gasteiger partial charge is 0.368 e. The maximum absolute atomic E-state index is 12.6. The minimum atomic E-state index is -4.49. The molecule has 2 aromatic rings. The molecule has 0 aliphatic carbocycles. The first-order chi connectivity index (χ1) is 7.48. The van der Waals surface area contributed by atoms with Gasteiger partial charge in [-0.25, -0.2) is 0 Å². The van der Waals surface area contributed by atoms with E-state index >= 15 is 0 Å². The molecule has 0 fully saturated rings. The van der Waals surface area contributed by atoms with E-state index in [1.54, 1.807) is 0 Å². The molecule has 0 aliphatic heterocycles. The summed E-state index contributed by atoms with van der Waals surface area (Å²) >= 11 is 0. The third-order valence-electron chi connectivity index (χ3n) is 1.93. The largest absolute Gasteiger partial charge is 0.418 e. The molecule has 0 aliphatic rings. The Kier molecular flexibility index (Phi) is 2.30. The molecule has 0 radical (unpaired) electrons. The zero-order valence-corrected chi connectivity index (χ0v) is 7.82. The first-order valence-corrected chi connectivity index (χ1v) is 4.22. The SMILES string of the molecule is Nc1cc(-c2ccncc2C(F)(F)F)no1. The van der Waals surface area contributed by atoms with E-state index in [-0.39, 0.29) is 17.1 Å². The van der Waals surface area contributed by atoms with Gasteiger partial charge in [0.15, 0.2) is 0 Å². The third kappa shape index (κ3) is 1.83. The summed E-state index contributed by atoms with van der Waals surface area (Å²) in [5.41, 5.74) is 4.30. The van der Waals surface area contributed by atoms with Gasteiger partial charge in [-0.05, 0) is 6.07 Å². The molecular weight excluding hydrogens is 223 g/mol. The summed E-state index contributed by atoms with van der Waals surface area (Å²) in [4.78, 5) is 3.43. The fraction of sp³-hybridized carbons (Fsp3) is 0.111. The van der Waals surface area contributed by atoms with E-state index in [9.17, 15) is 13.2 Å². The van der Waals surface area contributed by atoms with Crippen LogP contribution in [0.25, 0.3) is 11.3 Å². The van der Waals surface area contributed by atoms with E-state index in [4.69, 9.17) is 5.73 Å². The molecule has 2 aromatic heterocycles. The minimum absolute atomic E-state index is 0.0345. The summed E-state index contributed by atoms with van der Waals surface area (Å²) < 4.78 is 42.4. The Labute approximate surface area is 87.9 Å². The quantitative estimate of drug-likeness (QED) is 0.815. The van der Waals surface area contributed by atoms with Crippen LogP contribution in [0, 0.1) is 0 Å². The number of pyridine rings is 1. The van der Waals surface area contributed by atoms with Crippen molar-refractivity contribution in [2.24, 2.45) is 0 Å². The number of halogens is 3. The van der Waals surface area contributed by atoms with Crippen LogP contribution >= 0.6 is 0 Å². The normalized spacial score (nSPS) is 11.7.